The average molecular weight is 306 g/mol. The van der Waals surface area contributed by atoms with E-state index in [9.17, 15) is 17.6 Å². The number of halogens is 4. The highest BCUT2D eigenvalue weighted by Crippen LogP contribution is 2.56. The quantitative estimate of drug-likeness (QED) is 0.617. The van der Waals surface area contributed by atoms with Crippen molar-refractivity contribution < 1.29 is 33.6 Å². The molecule has 0 amide bonds. The van der Waals surface area contributed by atoms with Crippen molar-refractivity contribution in [3.63, 3.8) is 0 Å². The number of fused-ring (bicyclic) bond motifs is 2. The van der Waals surface area contributed by atoms with E-state index in [2.05, 4.69) is 13.2 Å². The highest BCUT2D eigenvalue weighted by molar-refractivity contribution is 4.99. The third-order valence-corrected chi connectivity index (χ3v) is 3.79. The number of hydrogen-bond donors (Lipinski definition) is 1. The molecule has 124 valence electrons. The molecular weight excluding hydrogens is 280 g/mol. The van der Waals surface area contributed by atoms with Crippen LogP contribution in [0.5, 0.6) is 0 Å². The lowest BCUT2D eigenvalue weighted by Crippen LogP contribution is -2.46. The predicted octanol–water partition coefficient (Wildman–Crippen LogP) is 2.47. The summed E-state index contributed by atoms with van der Waals surface area (Å²) in [4.78, 5) is 0. The van der Waals surface area contributed by atoms with Gasteiger partial charge >= 0.3 is 11.8 Å². The van der Waals surface area contributed by atoms with E-state index in [0.29, 0.717) is 19.8 Å². The summed E-state index contributed by atoms with van der Waals surface area (Å²) in [5.74, 6) is -8.66. The smallest absolute Gasteiger partial charge is 0.312 e. The zero-order valence-electron chi connectivity index (χ0n) is 11.9. The molecule has 0 aromatic carbocycles. The summed E-state index contributed by atoms with van der Waals surface area (Å²) in [6.07, 6.45) is 2.69. The Morgan fingerprint density at radius 2 is 1.40 bits per heavy atom. The number of hydrogen-bond acceptors (Lipinski definition) is 1. The van der Waals surface area contributed by atoms with Crippen LogP contribution >= 0.6 is 0 Å². The third kappa shape index (κ3) is 4.71. The van der Waals surface area contributed by atoms with Gasteiger partial charge in [-0.25, -0.2) is 8.78 Å². The highest BCUT2D eigenvalue weighted by atomic mass is 19.3. The molecule has 7 heteroatoms. The summed E-state index contributed by atoms with van der Waals surface area (Å²) >= 11 is 0. The van der Waals surface area contributed by atoms with Crippen LogP contribution in [-0.4, -0.2) is 35.0 Å². The maximum absolute atomic E-state index is 13.3. The van der Waals surface area contributed by atoms with Gasteiger partial charge in [-0.3, -0.25) is 0 Å². The van der Waals surface area contributed by atoms with Crippen molar-refractivity contribution in [1.29, 1.82) is 0 Å². The predicted molar refractivity (Wildman–Crippen MR) is 71.1 cm³/mol. The molecule has 0 radical (unpaired) electrons. The number of rotatable bonds is 2. The van der Waals surface area contributed by atoms with Crippen molar-refractivity contribution >= 4 is 0 Å². The van der Waals surface area contributed by atoms with Crippen molar-refractivity contribution in [2.45, 2.75) is 44.5 Å². The molecule has 0 aliphatic heterocycles. The second-order valence-corrected chi connectivity index (χ2v) is 4.79. The van der Waals surface area contributed by atoms with Gasteiger partial charge in [-0.15, -0.1) is 13.2 Å². The maximum Gasteiger partial charge on any atom is 0.312 e. The first-order chi connectivity index (χ1) is 8.32. The molecule has 0 heterocycles. The second-order valence-electron chi connectivity index (χ2n) is 4.79. The SMILES string of the molecule is C=C.CC(F)(F)C(F)(F)C1CC2CCC1C2.CO.O.O. The molecule has 0 aromatic rings. The van der Waals surface area contributed by atoms with Gasteiger partial charge in [-0.2, -0.15) is 8.78 Å². The van der Waals surface area contributed by atoms with Gasteiger partial charge in [0.15, 0.2) is 0 Å². The minimum absolute atomic E-state index is 0. The molecule has 20 heavy (non-hydrogen) atoms. The third-order valence-electron chi connectivity index (χ3n) is 3.79. The molecule has 0 spiro atoms. The van der Waals surface area contributed by atoms with E-state index in [0.717, 1.165) is 20.0 Å². The first-order valence-electron chi connectivity index (χ1n) is 6.02. The van der Waals surface area contributed by atoms with Crippen LogP contribution in [0.1, 0.15) is 32.6 Å². The summed E-state index contributed by atoms with van der Waals surface area (Å²) in [7, 11) is 1.00. The van der Waals surface area contributed by atoms with Gasteiger partial charge < -0.3 is 16.1 Å². The Bertz CT molecular complexity index is 256. The molecule has 0 aromatic heterocycles. The Kier molecular flexibility index (Phi) is 11.3. The lowest BCUT2D eigenvalue weighted by Gasteiger charge is -2.33. The van der Waals surface area contributed by atoms with Crippen LogP contribution in [0.3, 0.4) is 0 Å². The summed E-state index contributed by atoms with van der Waals surface area (Å²) in [6, 6.07) is 0. The first kappa shape index (κ1) is 24.4. The van der Waals surface area contributed by atoms with Gasteiger partial charge in [0.05, 0.1) is 0 Å². The molecule has 3 unspecified atom stereocenters. The van der Waals surface area contributed by atoms with E-state index in [4.69, 9.17) is 5.11 Å². The Morgan fingerprint density at radius 3 is 1.65 bits per heavy atom. The number of aliphatic hydroxyl groups excluding tert-OH is 1. The summed E-state index contributed by atoms with van der Waals surface area (Å²) < 4.78 is 52.1. The van der Waals surface area contributed by atoms with Gasteiger partial charge in [0.1, 0.15) is 0 Å². The first-order valence-corrected chi connectivity index (χ1v) is 6.02. The lowest BCUT2D eigenvalue weighted by molar-refractivity contribution is -0.234. The Morgan fingerprint density at radius 1 is 0.950 bits per heavy atom. The topological polar surface area (TPSA) is 83.2 Å². The van der Waals surface area contributed by atoms with Crippen molar-refractivity contribution in [3.8, 4) is 0 Å². The van der Waals surface area contributed by atoms with Gasteiger partial charge in [0.2, 0.25) is 0 Å². The number of alkyl halides is 4. The standard InChI is InChI=1S/C10H14F4.C2H4.CH4O.2H2O/c1-9(11,12)10(13,14)8-5-6-2-3-7(8)4-6;2*1-2;;/h6-8H,2-5H2,1H3;1-2H2;2H,1H3;2*1H2. The van der Waals surface area contributed by atoms with Crippen LogP contribution < -0.4 is 0 Å². The fraction of sp³-hybridized carbons (Fsp3) is 0.846. The van der Waals surface area contributed by atoms with Gasteiger partial charge in [0, 0.05) is 20.0 Å². The Hall–Kier alpha value is -0.660. The molecule has 2 aliphatic rings. The zero-order valence-corrected chi connectivity index (χ0v) is 11.9. The van der Waals surface area contributed by atoms with Crippen LogP contribution in [0.2, 0.25) is 0 Å². The molecular formula is C13H26F4O3. The van der Waals surface area contributed by atoms with Gasteiger partial charge in [0.25, 0.3) is 0 Å². The fourth-order valence-corrected chi connectivity index (χ4v) is 3.01. The molecule has 2 rings (SSSR count). The van der Waals surface area contributed by atoms with E-state index < -0.39 is 17.8 Å². The Balaban J connectivity index is -0.000000444. The van der Waals surface area contributed by atoms with Crippen LogP contribution in [-0.2, 0) is 0 Å². The van der Waals surface area contributed by atoms with Crippen molar-refractivity contribution in [3.05, 3.63) is 13.2 Å². The maximum atomic E-state index is 13.3. The van der Waals surface area contributed by atoms with Crippen molar-refractivity contribution in [2.24, 2.45) is 17.8 Å². The van der Waals surface area contributed by atoms with E-state index in [1.54, 1.807) is 0 Å². The van der Waals surface area contributed by atoms with Gasteiger partial charge in [-0.05, 0) is 31.1 Å². The van der Waals surface area contributed by atoms with Crippen LogP contribution in [0.4, 0.5) is 17.6 Å². The molecule has 0 saturated heterocycles. The molecule has 5 N–H and O–H groups in total. The molecule has 2 saturated carbocycles. The average Bonchev–Trinajstić information content (AvgIpc) is 2.95. The largest absolute Gasteiger partial charge is 0.412 e. The van der Waals surface area contributed by atoms with Crippen molar-refractivity contribution in [2.75, 3.05) is 7.11 Å². The van der Waals surface area contributed by atoms with E-state index in [1.807, 2.05) is 0 Å². The van der Waals surface area contributed by atoms with Gasteiger partial charge in [-0.1, -0.05) is 6.42 Å². The summed E-state index contributed by atoms with van der Waals surface area (Å²) in [5.41, 5.74) is 0. The van der Waals surface area contributed by atoms with Crippen molar-refractivity contribution in [1.82, 2.24) is 0 Å². The normalized spacial score (nSPS) is 27.1. The van der Waals surface area contributed by atoms with E-state index >= 15 is 0 Å². The summed E-state index contributed by atoms with van der Waals surface area (Å²) in [5, 5.41) is 7.00. The van der Waals surface area contributed by atoms with Crippen LogP contribution in [0.15, 0.2) is 13.2 Å². The molecule has 2 aliphatic carbocycles. The monoisotopic (exact) mass is 306 g/mol. The molecule has 3 atom stereocenters. The molecule has 3 nitrogen and oxygen atoms in total. The number of aliphatic hydroxyl groups is 1. The minimum atomic E-state index is -3.87. The lowest BCUT2D eigenvalue weighted by atomic mass is 9.82. The molecule has 2 bridgehead atoms. The zero-order chi connectivity index (χ0) is 14.6. The molecule has 2 fully saturated rings. The minimum Gasteiger partial charge on any atom is -0.412 e. The fourth-order valence-electron chi connectivity index (χ4n) is 3.01. The van der Waals surface area contributed by atoms with Crippen LogP contribution in [0, 0.1) is 17.8 Å². The van der Waals surface area contributed by atoms with E-state index in [1.165, 1.54) is 0 Å². The summed E-state index contributed by atoms with van der Waals surface area (Å²) in [6.45, 7) is 6.33. The Labute approximate surface area is 117 Å². The second kappa shape index (κ2) is 9.31. The van der Waals surface area contributed by atoms with E-state index in [-0.39, 0.29) is 22.8 Å². The highest BCUT2D eigenvalue weighted by Gasteiger charge is 2.62. The van der Waals surface area contributed by atoms with Crippen LogP contribution in [0.25, 0.3) is 0 Å².